The van der Waals surface area contributed by atoms with E-state index in [0.29, 0.717) is 30.8 Å². The van der Waals surface area contributed by atoms with E-state index in [0.717, 1.165) is 0 Å². The minimum atomic E-state index is -1.57. The third-order valence-electron chi connectivity index (χ3n) is 7.46. The summed E-state index contributed by atoms with van der Waals surface area (Å²) < 4.78 is 36.5. The molecule has 44 heavy (non-hydrogen) atoms. The van der Waals surface area contributed by atoms with Crippen LogP contribution in [0.5, 0.6) is 0 Å². The number of nitriles is 1. The van der Waals surface area contributed by atoms with Crippen LogP contribution in [0.2, 0.25) is 0 Å². The van der Waals surface area contributed by atoms with E-state index in [9.17, 15) is 19.6 Å². The summed E-state index contributed by atoms with van der Waals surface area (Å²) in [5.74, 6) is -2.42. The fourth-order valence-corrected chi connectivity index (χ4v) is 4.90. The molecule has 0 radical (unpaired) electrons. The van der Waals surface area contributed by atoms with Crippen molar-refractivity contribution in [3.63, 3.8) is 0 Å². The molecule has 0 amide bonds. The summed E-state index contributed by atoms with van der Waals surface area (Å²) in [4.78, 5) is 42.4. The summed E-state index contributed by atoms with van der Waals surface area (Å²) in [7, 11) is 0. The van der Waals surface area contributed by atoms with E-state index in [-0.39, 0.29) is 31.7 Å². The Morgan fingerprint density at radius 3 is 2.52 bits per heavy atom. The van der Waals surface area contributed by atoms with Crippen molar-refractivity contribution in [1.82, 2.24) is 19.9 Å². The van der Waals surface area contributed by atoms with Gasteiger partial charge in [0.2, 0.25) is 0 Å². The zero-order valence-electron chi connectivity index (χ0n) is 25.6. The van der Waals surface area contributed by atoms with Gasteiger partial charge < -0.3 is 34.2 Å². The van der Waals surface area contributed by atoms with Crippen molar-refractivity contribution in [2.75, 3.05) is 32.3 Å². The number of hydrogen-bond donors (Lipinski definition) is 2. The number of anilines is 1. The molecule has 15 nitrogen and oxygen atoms in total. The van der Waals surface area contributed by atoms with Crippen LogP contribution >= 0.6 is 0 Å². The Labute approximate surface area is 255 Å². The normalized spacial score (nSPS) is 25.7. The van der Waals surface area contributed by atoms with Crippen LogP contribution in [0.3, 0.4) is 0 Å². The number of nitrogens with two attached hydrogens (primary N) is 1. The van der Waals surface area contributed by atoms with Crippen LogP contribution in [0.15, 0.2) is 18.5 Å². The fourth-order valence-electron chi connectivity index (χ4n) is 4.90. The Bertz CT molecular complexity index is 1370. The Morgan fingerprint density at radius 2 is 1.86 bits per heavy atom. The van der Waals surface area contributed by atoms with E-state index in [1.54, 1.807) is 46.8 Å². The van der Waals surface area contributed by atoms with Gasteiger partial charge in [0.15, 0.2) is 18.0 Å². The number of nitrogens with zero attached hydrogens (tertiary/aromatic N) is 4. The first-order valence-corrected chi connectivity index (χ1v) is 14.6. The molecule has 2 aromatic rings. The molecule has 0 spiro atoms. The van der Waals surface area contributed by atoms with E-state index >= 15 is 0 Å². The molecular weight excluding hydrogens is 576 g/mol. The van der Waals surface area contributed by atoms with E-state index in [1.807, 2.05) is 0 Å². The molecule has 0 bridgehead atoms. The van der Waals surface area contributed by atoms with E-state index in [1.165, 1.54) is 10.8 Å². The predicted octanol–water partition coefficient (Wildman–Crippen LogP) is 1.46. The molecule has 15 heteroatoms. The standard InChI is InChI=1S/C29H40N6O9/c1-16(2)26(36)42-23-22(20-6-7-21-25(31)32-14-34-35(20)21)44-29(9-10-30,24(23)43-27(37)17(3)4)13-40-15-33-18(5)28(38)41-19-8-11-39-12-19/h6-7,14,16-19,22-24,33H,8-9,11-13,15H2,1-5H3,(H2,31,32,34)/t18-,19-,22-,23-,24-,29+/m0/s1. The van der Waals surface area contributed by atoms with Gasteiger partial charge >= 0.3 is 17.9 Å². The smallest absolute Gasteiger partial charge is 0.323 e. The van der Waals surface area contributed by atoms with E-state index in [2.05, 4.69) is 21.5 Å². The van der Waals surface area contributed by atoms with Crippen LogP contribution in [0, 0.1) is 23.2 Å². The maximum absolute atomic E-state index is 13.0. The molecule has 6 atom stereocenters. The second-order valence-corrected chi connectivity index (χ2v) is 11.5. The molecule has 240 valence electrons. The zero-order valence-corrected chi connectivity index (χ0v) is 25.6. The highest BCUT2D eigenvalue weighted by Crippen LogP contribution is 2.46. The molecule has 3 N–H and O–H groups in total. The van der Waals surface area contributed by atoms with Gasteiger partial charge in [-0.2, -0.15) is 10.4 Å². The number of fused-ring (bicyclic) bond motifs is 1. The number of ether oxygens (including phenoxy) is 6. The number of carbonyl (C=O) groups excluding carboxylic acids is 3. The quantitative estimate of drug-likeness (QED) is 0.142. The molecule has 4 heterocycles. The van der Waals surface area contributed by atoms with Crippen LogP contribution in [0.4, 0.5) is 5.82 Å². The predicted molar refractivity (Wildman–Crippen MR) is 152 cm³/mol. The summed E-state index contributed by atoms with van der Waals surface area (Å²) in [6.45, 7) is 8.82. The molecule has 2 aromatic heterocycles. The number of hydrogen-bond acceptors (Lipinski definition) is 14. The summed E-state index contributed by atoms with van der Waals surface area (Å²) >= 11 is 0. The number of rotatable bonds is 13. The van der Waals surface area contributed by atoms with Gasteiger partial charge in [0.05, 0.1) is 56.6 Å². The van der Waals surface area contributed by atoms with Gasteiger partial charge in [-0.1, -0.05) is 27.7 Å². The summed E-state index contributed by atoms with van der Waals surface area (Å²) in [5.41, 5.74) is 5.40. The highest BCUT2D eigenvalue weighted by molar-refractivity contribution is 5.75. The minimum Gasteiger partial charge on any atom is -0.459 e. The molecule has 0 aliphatic carbocycles. The first-order valence-electron chi connectivity index (χ1n) is 14.6. The van der Waals surface area contributed by atoms with Gasteiger partial charge in [0, 0.05) is 6.42 Å². The van der Waals surface area contributed by atoms with Gasteiger partial charge in [-0.25, -0.2) is 9.50 Å². The van der Waals surface area contributed by atoms with Crippen LogP contribution in [0.1, 0.15) is 59.3 Å². The van der Waals surface area contributed by atoms with Crippen molar-refractivity contribution >= 4 is 29.2 Å². The molecule has 2 aliphatic rings. The monoisotopic (exact) mass is 616 g/mol. The largest absolute Gasteiger partial charge is 0.459 e. The van der Waals surface area contributed by atoms with Gasteiger partial charge in [-0.05, 0) is 19.1 Å². The maximum atomic E-state index is 13.0. The summed E-state index contributed by atoms with van der Waals surface area (Å²) in [5, 5.41) is 17.2. The average molecular weight is 617 g/mol. The Morgan fingerprint density at radius 1 is 1.14 bits per heavy atom. The van der Waals surface area contributed by atoms with E-state index < -0.39 is 59.7 Å². The van der Waals surface area contributed by atoms with Gasteiger partial charge in [0.25, 0.3) is 0 Å². The number of nitrogens with one attached hydrogen (secondary N) is 1. The lowest BCUT2D eigenvalue weighted by Gasteiger charge is -2.33. The number of carbonyl (C=O) groups is 3. The lowest BCUT2D eigenvalue weighted by Crippen LogP contribution is -2.51. The van der Waals surface area contributed by atoms with Crippen molar-refractivity contribution < 1.29 is 42.8 Å². The average Bonchev–Trinajstić information content (AvgIpc) is 3.71. The van der Waals surface area contributed by atoms with Crippen LogP contribution < -0.4 is 11.1 Å². The van der Waals surface area contributed by atoms with Crippen LogP contribution in [0.25, 0.3) is 5.52 Å². The fraction of sp³-hybridized carbons (Fsp3) is 0.655. The summed E-state index contributed by atoms with van der Waals surface area (Å²) in [6, 6.07) is 4.78. The Balaban J connectivity index is 1.62. The van der Waals surface area contributed by atoms with Crippen molar-refractivity contribution in [2.45, 2.75) is 83.5 Å². The third kappa shape index (κ3) is 7.27. The van der Waals surface area contributed by atoms with Gasteiger partial charge in [-0.15, -0.1) is 0 Å². The zero-order chi connectivity index (χ0) is 32.0. The van der Waals surface area contributed by atoms with Crippen LogP contribution in [-0.2, 0) is 42.8 Å². The molecule has 2 aliphatic heterocycles. The van der Waals surface area contributed by atoms with E-state index in [4.69, 9.17) is 34.2 Å². The Hall–Kier alpha value is -3.84. The topological polar surface area (TPSA) is 199 Å². The number of esters is 3. The van der Waals surface area contributed by atoms with Crippen molar-refractivity contribution in [2.24, 2.45) is 11.8 Å². The molecule has 0 saturated carbocycles. The minimum absolute atomic E-state index is 0.127. The highest BCUT2D eigenvalue weighted by atomic mass is 16.7. The second kappa shape index (κ2) is 14.3. The van der Waals surface area contributed by atoms with Crippen LogP contribution in [-0.4, -0.2) is 89.0 Å². The molecule has 2 saturated heterocycles. The first kappa shape index (κ1) is 33.1. The SMILES string of the molecule is CC(C)C(=O)O[C@H]1[C@H](c2ccc3c(N)ncnn23)O[C@](CC#N)(COCN[C@@H](C)C(=O)O[C@H]2CCOC2)[C@H]1OC(=O)C(C)C. The second-order valence-electron chi connectivity index (χ2n) is 11.5. The number of aromatic nitrogens is 3. The molecule has 2 fully saturated rings. The molecule has 4 rings (SSSR count). The third-order valence-corrected chi connectivity index (χ3v) is 7.46. The van der Waals surface area contributed by atoms with Gasteiger partial charge in [0.1, 0.15) is 35.7 Å². The van der Waals surface area contributed by atoms with Gasteiger partial charge in [-0.3, -0.25) is 19.7 Å². The maximum Gasteiger partial charge on any atom is 0.323 e. The summed E-state index contributed by atoms with van der Waals surface area (Å²) in [6.07, 6.45) is -2.10. The molecule has 0 unspecified atom stereocenters. The van der Waals surface area contributed by atoms with Crippen molar-refractivity contribution in [3.05, 3.63) is 24.2 Å². The lowest BCUT2D eigenvalue weighted by atomic mass is 9.91. The Kier molecular flexibility index (Phi) is 10.7. The molecular formula is C29H40N6O9. The van der Waals surface area contributed by atoms with Crippen molar-refractivity contribution in [3.8, 4) is 6.07 Å². The van der Waals surface area contributed by atoms with Crippen molar-refractivity contribution in [1.29, 1.82) is 5.26 Å². The molecule has 0 aromatic carbocycles. The highest BCUT2D eigenvalue weighted by Gasteiger charge is 2.60. The first-order chi connectivity index (χ1) is 21.0. The lowest BCUT2D eigenvalue weighted by molar-refractivity contribution is -0.179. The number of nitrogen functional groups attached to an aromatic ring is 1.